The summed E-state index contributed by atoms with van der Waals surface area (Å²) in [5, 5.41) is 4.06. The zero-order valence-electron chi connectivity index (χ0n) is 5.75. The maximum atomic E-state index is 4.28. The highest BCUT2D eigenvalue weighted by molar-refractivity contribution is 6.03. The van der Waals surface area contributed by atoms with Gasteiger partial charge in [-0.05, 0) is 12.8 Å². The molecule has 0 atom stereocenters. The fourth-order valence-electron chi connectivity index (χ4n) is 1.22. The van der Waals surface area contributed by atoms with Gasteiger partial charge in [0.25, 0.3) is 0 Å². The van der Waals surface area contributed by atoms with E-state index in [1.165, 1.54) is 11.3 Å². The summed E-state index contributed by atoms with van der Waals surface area (Å²) in [7, 11) is 0. The van der Waals surface area contributed by atoms with Gasteiger partial charge in [0.15, 0.2) is 0 Å². The van der Waals surface area contributed by atoms with Crippen LogP contribution in [0.5, 0.6) is 0 Å². The molecule has 2 nitrogen and oxygen atoms in total. The summed E-state index contributed by atoms with van der Waals surface area (Å²) >= 11 is 0. The highest BCUT2D eigenvalue weighted by Crippen LogP contribution is 2.15. The van der Waals surface area contributed by atoms with Gasteiger partial charge in [-0.25, -0.2) is 0 Å². The molecule has 0 unspecified atom stereocenters. The second kappa shape index (κ2) is 2.29. The number of allylic oxidation sites excluding steroid dienone is 3. The van der Waals surface area contributed by atoms with Crippen molar-refractivity contribution >= 4 is 5.71 Å². The lowest BCUT2D eigenvalue weighted by Crippen LogP contribution is -2.14. The van der Waals surface area contributed by atoms with Crippen molar-refractivity contribution in [2.24, 2.45) is 4.99 Å². The Balaban J connectivity index is 2.33. The first-order valence-corrected chi connectivity index (χ1v) is 3.54. The summed E-state index contributed by atoms with van der Waals surface area (Å²) in [5.41, 5.74) is 2.44. The monoisotopic (exact) mass is 133 g/mol. The fraction of sp³-hybridized carbons (Fsp3) is 0.375. The summed E-state index contributed by atoms with van der Waals surface area (Å²) in [6.07, 6.45) is 8.42. The Morgan fingerprint density at radius 3 is 3.30 bits per heavy atom. The van der Waals surface area contributed by atoms with Crippen molar-refractivity contribution in [3.05, 3.63) is 23.9 Å². The summed E-state index contributed by atoms with van der Waals surface area (Å²) in [6, 6.07) is 0. The molecule has 0 bridgehead atoms. The van der Waals surface area contributed by atoms with Gasteiger partial charge >= 0.3 is 0 Å². The Morgan fingerprint density at radius 1 is 1.40 bits per heavy atom. The number of nitrogens with zero attached hydrogens (tertiary/aromatic N) is 2. The Labute approximate surface area is 60.3 Å². The van der Waals surface area contributed by atoms with Crippen LogP contribution in [0.25, 0.3) is 0 Å². The molecular formula is C8H9N2. The normalized spacial score (nSPS) is 22.4. The third kappa shape index (κ3) is 0.856. The highest BCUT2D eigenvalue weighted by atomic mass is 15.0. The molecule has 1 aliphatic heterocycles. The van der Waals surface area contributed by atoms with Crippen LogP contribution in [0.4, 0.5) is 0 Å². The molecule has 0 saturated carbocycles. The molecule has 1 radical (unpaired) electrons. The van der Waals surface area contributed by atoms with Crippen molar-refractivity contribution in [1.29, 1.82) is 0 Å². The first-order valence-electron chi connectivity index (χ1n) is 3.54. The van der Waals surface area contributed by atoms with E-state index in [0.29, 0.717) is 6.67 Å². The van der Waals surface area contributed by atoms with E-state index >= 15 is 0 Å². The number of rotatable bonds is 0. The van der Waals surface area contributed by atoms with Crippen molar-refractivity contribution in [3.8, 4) is 0 Å². The van der Waals surface area contributed by atoms with Crippen LogP contribution in [0.15, 0.2) is 28.9 Å². The summed E-state index contributed by atoms with van der Waals surface area (Å²) in [4.78, 5) is 4.28. The lowest BCUT2D eigenvalue weighted by atomic mass is 10.00. The average molecular weight is 133 g/mol. The van der Waals surface area contributed by atoms with Crippen molar-refractivity contribution in [2.45, 2.75) is 12.8 Å². The van der Waals surface area contributed by atoms with E-state index in [1.807, 2.05) is 6.20 Å². The molecule has 0 aromatic carbocycles. The molecule has 0 aromatic rings. The third-order valence-corrected chi connectivity index (χ3v) is 1.75. The Kier molecular flexibility index (Phi) is 1.31. The quantitative estimate of drug-likeness (QED) is 0.475. The van der Waals surface area contributed by atoms with Gasteiger partial charge in [-0.2, -0.15) is 0 Å². The van der Waals surface area contributed by atoms with E-state index in [4.69, 9.17) is 0 Å². The first-order chi connectivity index (χ1) is 4.97. The number of hydrogen-bond acceptors (Lipinski definition) is 1. The van der Waals surface area contributed by atoms with Gasteiger partial charge in [0.2, 0.25) is 0 Å². The molecule has 51 valence electrons. The van der Waals surface area contributed by atoms with Crippen molar-refractivity contribution < 1.29 is 0 Å². The first kappa shape index (κ1) is 5.71. The molecule has 0 fully saturated rings. The molecule has 1 aliphatic carbocycles. The lowest BCUT2D eigenvalue weighted by Gasteiger charge is -2.14. The second-order valence-corrected chi connectivity index (χ2v) is 2.45. The highest BCUT2D eigenvalue weighted by Gasteiger charge is 2.10. The lowest BCUT2D eigenvalue weighted by molar-refractivity contribution is 0.836. The largest absolute Gasteiger partial charge is 0.269 e. The predicted molar refractivity (Wildman–Crippen MR) is 40.9 cm³/mol. The van der Waals surface area contributed by atoms with Crippen molar-refractivity contribution in [2.75, 3.05) is 6.67 Å². The van der Waals surface area contributed by atoms with Crippen LogP contribution in [0.2, 0.25) is 0 Å². The maximum Gasteiger partial charge on any atom is 0.129 e. The molecule has 2 rings (SSSR count). The Hall–Kier alpha value is -1.05. The summed E-state index contributed by atoms with van der Waals surface area (Å²) < 4.78 is 0. The molecule has 0 aromatic heterocycles. The van der Waals surface area contributed by atoms with Gasteiger partial charge in [0, 0.05) is 17.5 Å². The topological polar surface area (TPSA) is 26.5 Å². The van der Waals surface area contributed by atoms with Crippen molar-refractivity contribution in [1.82, 2.24) is 5.32 Å². The van der Waals surface area contributed by atoms with E-state index in [-0.39, 0.29) is 0 Å². The molecule has 0 saturated heterocycles. The zero-order valence-corrected chi connectivity index (χ0v) is 5.75. The molecule has 2 aliphatic rings. The molecule has 0 spiro atoms. The molecular weight excluding hydrogens is 124 g/mol. The third-order valence-electron chi connectivity index (χ3n) is 1.75. The van der Waals surface area contributed by atoms with E-state index < -0.39 is 0 Å². The van der Waals surface area contributed by atoms with Crippen LogP contribution < -0.4 is 5.32 Å². The smallest absolute Gasteiger partial charge is 0.129 e. The number of aliphatic imine (C=N–C) groups is 1. The molecule has 0 amide bonds. The number of hydrogen-bond donors (Lipinski definition) is 0. The Bertz CT molecular complexity index is 223. The van der Waals surface area contributed by atoms with Crippen LogP contribution in [0, 0.1) is 0 Å². The summed E-state index contributed by atoms with van der Waals surface area (Å²) in [6.45, 7) is 0.632. The standard InChI is InChI=1S/C8H9N2/c1-2-4-8-7(3-1)5-9-6-10-8/h1,3,5H,2,4,6H2. The average Bonchev–Trinajstić information content (AvgIpc) is 2.05. The SMILES string of the molecule is C1=CC2=C[N]CN=C2CC1. The second-order valence-electron chi connectivity index (χ2n) is 2.45. The minimum Gasteiger partial charge on any atom is -0.269 e. The summed E-state index contributed by atoms with van der Waals surface area (Å²) in [5.74, 6) is 0. The van der Waals surface area contributed by atoms with Crippen LogP contribution in [-0.2, 0) is 0 Å². The van der Waals surface area contributed by atoms with Gasteiger partial charge in [-0.3, -0.25) is 10.3 Å². The van der Waals surface area contributed by atoms with Crippen LogP contribution in [-0.4, -0.2) is 12.4 Å². The van der Waals surface area contributed by atoms with Gasteiger partial charge in [-0.1, -0.05) is 12.2 Å². The molecule has 1 heterocycles. The number of fused-ring (bicyclic) bond motifs is 1. The van der Waals surface area contributed by atoms with Crippen LogP contribution >= 0.6 is 0 Å². The maximum absolute atomic E-state index is 4.28. The molecule has 2 heteroatoms. The fourth-order valence-corrected chi connectivity index (χ4v) is 1.22. The van der Waals surface area contributed by atoms with Crippen molar-refractivity contribution in [3.63, 3.8) is 0 Å². The van der Waals surface area contributed by atoms with Crippen LogP contribution in [0.3, 0.4) is 0 Å². The minimum atomic E-state index is 0.632. The van der Waals surface area contributed by atoms with Gasteiger partial charge in [0.05, 0.1) is 0 Å². The van der Waals surface area contributed by atoms with Gasteiger partial charge in [0.1, 0.15) is 6.67 Å². The predicted octanol–water partition coefficient (Wildman–Crippen LogP) is 1.24. The van der Waals surface area contributed by atoms with E-state index in [9.17, 15) is 0 Å². The van der Waals surface area contributed by atoms with Crippen LogP contribution in [0.1, 0.15) is 12.8 Å². The minimum absolute atomic E-state index is 0.632. The van der Waals surface area contributed by atoms with E-state index in [0.717, 1.165) is 12.8 Å². The van der Waals surface area contributed by atoms with E-state index in [2.05, 4.69) is 22.5 Å². The zero-order chi connectivity index (χ0) is 6.81. The van der Waals surface area contributed by atoms with E-state index in [1.54, 1.807) is 0 Å². The Morgan fingerprint density at radius 2 is 2.40 bits per heavy atom. The van der Waals surface area contributed by atoms with Gasteiger partial charge < -0.3 is 0 Å². The molecule has 10 heavy (non-hydrogen) atoms. The van der Waals surface area contributed by atoms with Gasteiger partial charge in [-0.15, -0.1) is 0 Å². The molecule has 0 N–H and O–H groups in total.